The van der Waals surface area contributed by atoms with Gasteiger partial charge in [0, 0.05) is 43.7 Å². The Morgan fingerprint density at radius 3 is 2.74 bits per heavy atom. The van der Waals surface area contributed by atoms with Crippen LogP contribution in [0.2, 0.25) is 0 Å². The number of ether oxygens (including phenoxy) is 3. The number of hydrogen-bond acceptors (Lipinski definition) is 5. The van der Waals surface area contributed by atoms with E-state index in [2.05, 4.69) is 26.6 Å². The Morgan fingerprint density at radius 1 is 1.16 bits per heavy atom. The maximum atomic E-state index is 12.7. The maximum Gasteiger partial charge on any atom is 0.255 e. The van der Waals surface area contributed by atoms with E-state index in [1.165, 1.54) is 0 Å². The van der Waals surface area contributed by atoms with Crippen molar-refractivity contribution in [2.75, 3.05) is 38.8 Å². The van der Waals surface area contributed by atoms with Crippen molar-refractivity contribution in [2.24, 2.45) is 0 Å². The van der Waals surface area contributed by atoms with Crippen LogP contribution >= 0.6 is 15.9 Å². The van der Waals surface area contributed by atoms with Gasteiger partial charge in [0.15, 0.2) is 0 Å². The first-order valence-electron chi connectivity index (χ1n) is 10.3. The second kappa shape index (κ2) is 11.8. The van der Waals surface area contributed by atoms with E-state index < -0.39 is 0 Å². The molecule has 1 unspecified atom stereocenters. The molecule has 2 aromatic carbocycles. The lowest BCUT2D eigenvalue weighted by Crippen LogP contribution is -2.25. The first-order valence-corrected chi connectivity index (χ1v) is 11.1. The van der Waals surface area contributed by atoms with Gasteiger partial charge < -0.3 is 24.8 Å². The molecule has 0 bridgehead atoms. The van der Waals surface area contributed by atoms with Crippen LogP contribution in [0.15, 0.2) is 46.9 Å². The zero-order valence-corrected chi connectivity index (χ0v) is 19.1. The average Bonchev–Trinajstić information content (AvgIpc) is 3.29. The topological polar surface area (TPSA) is 85.9 Å². The molecule has 3 rings (SSSR count). The molecule has 31 heavy (non-hydrogen) atoms. The highest BCUT2D eigenvalue weighted by atomic mass is 79.9. The number of nitrogens with one attached hydrogen (secondary N) is 2. The number of carbonyl (C=O) groups is 2. The fourth-order valence-corrected chi connectivity index (χ4v) is 3.67. The minimum atomic E-state index is -0.274. The van der Waals surface area contributed by atoms with E-state index in [0.717, 1.165) is 25.9 Å². The molecule has 7 nitrogen and oxygen atoms in total. The summed E-state index contributed by atoms with van der Waals surface area (Å²) < 4.78 is 17.0. The molecule has 1 fully saturated rings. The smallest absolute Gasteiger partial charge is 0.255 e. The Morgan fingerprint density at radius 2 is 2.00 bits per heavy atom. The summed E-state index contributed by atoms with van der Waals surface area (Å²) in [6.07, 6.45) is 2.92. The molecule has 1 aliphatic heterocycles. The largest absolute Gasteiger partial charge is 0.490 e. The molecule has 0 spiro atoms. The lowest BCUT2D eigenvalue weighted by Gasteiger charge is -2.13. The second-order valence-corrected chi connectivity index (χ2v) is 8.08. The van der Waals surface area contributed by atoms with Gasteiger partial charge in [-0.05, 0) is 71.6 Å². The fourth-order valence-electron chi connectivity index (χ4n) is 3.18. The van der Waals surface area contributed by atoms with Crippen LogP contribution in [0.3, 0.4) is 0 Å². The van der Waals surface area contributed by atoms with E-state index in [9.17, 15) is 9.59 Å². The molecule has 2 N–H and O–H groups in total. The predicted molar refractivity (Wildman–Crippen MR) is 122 cm³/mol. The van der Waals surface area contributed by atoms with Crippen LogP contribution < -0.4 is 15.4 Å². The van der Waals surface area contributed by atoms with Crippen molar-refractivity contribution >= 4 is 33.4 Å². The predicted octanol–water partition coefficient (Wildman–Crippen LogP) is 4.03. The summed E-state index contributed by atoms with van der Waals surface area (Å²) in [5.74, 6) is 0.200. The van der Waals surface area contributed by atoms with Crippen molar-refractivity contribution in [3.05, 3.63) is 58.1 Å². The minimum absolute atomic E-state index is 0.124. The van der Waals surface area contributed by atoms with Crippen molar-refractivity contribution in [1.29, 1.82) is 0 Å². The molecule has 0 radical (unpaired) electrons. The fraction of sp³-hybridized carbons (Fsp3) is 0.391. The van der Waals surface area contributed by atoms with E-state index >= 15 is 0 Å². The van der Waals surface area contributed by atoms with Crippen LogP contribution in [0.4, 0.5) is 5.69 Å². The third-order valence-corrected chi connectivity index (χ3v) is 5.46. The summed E-state index contributed by atoms with van der Waals surface area (Å²) in [4.78, 5) is 24.9. The van der Waals surface area contributed by atoms with Crippen molar-refractivity contribution < 1.29 is 23.8 Å². The molecule has 166 valence electrons. The van der Waals surface area contributed by atoms with Gasteiger partial charge in [-0.1, -0.05) is 6.07 Å². The van der Waals surface area contributed by atoms with Gasteiger partial charge in [-0.25, -0.2) is 0 Å². The van der Waals surface area contributed by atoms with Crippen LogP contribution in [0, 0.1) is 0 Å². The second-order valence-electron chi connectivity index (χ2n) is 7.23. The van der Waals surface area contributed by atoms with E-state index in [1.54, 1.807) is 49.6 Å². The monoisotopic (exact) mass is 490 g/mol. The van der Waals surface area contributed by atoms with Crippen molar-refractivity contribution in [1.82, 2.24) is 5.32 Å². The molecule has 0 aromatic heterocycles. The van der Waals surface area contributed by atoms with E-state index in [0.29, 0.717) is 46.8 Å². The summed E-state index contributed by atoms with van der Waals surface area (Å²) >= 11 is 3.47. The normalized spacial score (nSPS) is 15.5. The molecule has 2 aromatic rings. The summed E-state index contributed by atoms with van der Waals surface area (Å²) in [6, 6.07) is 12.0. The van der Waals surface area contributed by atoms with Crippen molar-refractivity contribution in [2.45, 2.75) is 25.4 Å². The molecule has 1 aliphatic rings. The highest BCUT2D eigenvalue weighted by Gasteiger charge is 2.17. The lowest BCUT2D eigenvalue weighted by atomic mass is 10.1. The summed E-state index contributed by atoms with van der Waals surface area (Å²) in [5, 5.41) is 5.66. The quantitative estimate of drug-likeness (QED) is 0.491. The third kappa shape index (κ3) is 7.05. The Balaban J connectivity index is 1.56. The molecule has 2 amide bonds. The zero-order valence-electron chi connectivity index (χ0n) is 17.5. The van der Waals surface area contributed by atoms with Crippen LogP contribution in [0.5, 0.6) is 5.75 Å². The van der Waals surface area contributed by atoms with Crippen LogP contribution in [0.1, 0.15) is 40.0 Å². The molecule has 1 heterocycles. The molecular weight excluding hydrogens is 464 g/mol. The molecule has 1 atom stereocenters. The zero-order chi connectivity index (χ0) is 22.1. The van der Waals surface area contributed by atoms with Gasteiger partial charge in [0.1, 0.15) is 12.4 Å². The number of anilines is 1. The Kier molecular flexibility index (Phi) is 8.87. The minimum Gasteiger partial charge on any atom is -0.490 e. The number of hydrogen-bond donors (Lipinski definition) is 2. The first-order chi connectivity index (χ1) is 15.1. The molecular formula is C23H27BrN2O5. The Labute approximate surface area is 190 Å². The Bertz CT molecular complexity index is 899. The highest BCUT2D eigenvalue weighted by Crippen LogP contribution is 2.27. The standard InChI is InChI=1S/C23H27BrN2O5/c1-29-11-4-10-25-22(27)16-5-2-6-18(13-16)26-23(28)17-8-9-21(20(24)14-17)31-15-19-7-3-12-30-19/h2,5-6,8-9,13-14,19H,3-4,7,10-12,15H2,1H3,(H,25,27)(H,26,28). The lowest BCUT2D eigenvalue weighted by molar-refractivity contribution is 0.0677. The number of methoxy groups -OCH3 is 1. The first kappa shape index (κ1) is 23.2. The Hall–Kier alpha value is -2.42. The van der Waals surface area contributed by atoms with Gasteiger partial charge >= 0.3 is 0 Å². The van der Waals surface area contributed by atoms with E-state index in [1.807, 2.05) is 0 Å². The SMILES string of the molecule is COCCCNC(=O)c1cccc(NC(=O)c2ccc(OCC3CCCO3)c(Br)c2)c1. The molecule has 0 saturated carbocycles. The van der Waals surface area contributed by atoms with Crippen LogP contribution in [0.25, 0.3) is 0 Å². The van der Waals surface area contributed by atoms with E-state index in [4.69, 9.17) is 14.2 Å². The maximum absolute atomic E-state index is 12.7. The third-order valence-electron chi connectivity index (χ3n) is 4.84. The van der Waals surface area contributed by atoms with Crippen molar-refractivity contribution in [3.63, 3.8) is 0 Å². The summed E-state index contributed by atoms with van der Waals surface area (Å²) in [5.41, 5.74) is 1.50. The highest BCUT2D eigenvalue weighted by molar-refractivity contribution is 9.10. The summed E-state index contributed by atoms with van der Waals surface area (Å²) in [6.45, 7) is 2.39. The molecule has 1 saturated heterocycles. The van der Waals surface area contributed by atoms with Crippen LogP contribution in [-0.4, -0.2) is 51.4 Å². The van der Waals surface area contributed by atoms with Crippen LogP contribution in [-0.2, 0) is 9.47 Å². The summed E-state index contributed by atoms with van der Waals surface area (Å²) in [7, 11) is 1.62. The number of rotatable bonds is 10. The molecule has 8 heteroatoms. The van der Waals surface area contributed by atoms with Gasteiger partial charge in [-0.3, -0.25) is 9.59 Å². The average molecular weight is 491 g/mol. The van der Waals surface area contributed by atoms with Gasteiger partial charge in [-0.15, -0.1) is 0 Å². The molecule has 0 aliphatic carbocycles. The number of carbonyl (C=O) groups excluding carboxylic acids is 2. The van der Waals surface area contributed by atoms with Crippen molar-refractivity contribution in [3.8, 4) is 5.75 Å². The number of halogens is 1. The number of amides is 2. The van der Waals surface area contributed by atoms with Gasteiger partial charge in [0.05, 0.1) is 10.6 Å². The number of benzene rings is 2. The van der Waals surface area contributed by atoms with E-state index in [-0.39, 0.29) is 17.9 Å². The van der Waals surface area contributed by atoms with Gasteiger partial charge in [0.2, 0.25) is 0 Å². The van der Waals surface area contributed by atoms with Gasteiger partial charge in [0.25, 0.3) is 11.8 Å². The van der Waals surface area contributed by atoms with Gasteiger partial charge in [-0.2, -0.15) is 0 Å².